The maximum Gasteiger partial charge on any atom is 0.325 e. The first-order chi connectivity index (χ1) is 5.70. The third kappa shape index (κ3) is 5.21. The summed E-state index contributed by atoms with van der Waals surface area (Å²) in [6.45, 7) is -0.422. The molecule has 0 rings (SSSR count). The summed E-state index contributed by atoms with van der Waals surface area (Å²) >= 11 is 0. The SMILES string of the molecule is COC(=O)CNC(=O)NC[C]=O. The second kappa shape index (κ2) is 6.14. The first-order valence-electron chi connectivity index (χ1n) is 3.14. The lowest BCUT2D eigenvalue weighted by Gasteiger charge is -2.02. The highest BCUT2D eigenvalue weighted by Gasteiger charge is 2.02. The molecular weight excluding hydrogens is 164 g/mol. The van der Waals surface area contributed by atoms with Gasteiger partial charge in [0.15, 0.2) is 0 Å². The van der Waals surface area contributed by atoms with E-state index in [2.05, 4.69) is 15.4 Å². The Kier molecular flexibility index (Phi) is 5.33. The highest BCUT2D eigenvalue weighted by Crippen LogP contribution is 1.69. The number of urea groups is 1. The monoisotopic (exact) mass is 173 g/mol. The highest BCUT2D eigenvalue weighted by molar-refractivity contribution is 5.81. The third-order valence-corrected chi connectivity index (χ3v) is 0.942. The van der Waals surface area contributed by atoms with Crippen molar-refractivity contribution in [2.75, 3.05) is 20.2 Å². The second-order valence-electron chi connectivity index (χ2n) is 1.76. The molecule has 6 heteroatoms. The smallest absolute Gasteiger partial charge is 0.325 e. The zero-order valence-electron chi connectivity index (χ0n) is 6.55. The molecule has 1 radical (unpaired) electrons. The summed E-state index contributed by atoms with van der Waals surface area (Å²) in [4.78, 5) is 30.7. The third-order valence-electron chi connectivity index (χ3n) is 0.942. The quantitative estimate of drug-likeness (QED) is 0.510. The van der Waals surface area contributed by atoms with Gasteiger partial charge < -0.3 is 15.4 Å². The Balaban J connectivity index is 3.43. The van der Waals surface area contributed by atoms with Crippen LogP contribution in [0.25, 0.3) is 0 Å². The van der Waals surface area contributed by atoms with Crippen molar-refractivity contribution in [1.82, 2.24) is 10.6 Å². The van der Waals surface area contributed by atoms with Gasteiger partial charge in [-0.1, -0.05) is 0 Å². The lowest BCUT2D eigenvalue weighted by atomic mass is 10.6. The van der Waals surface area contributed by atoms with E-state index in [0.717, 1.165) is 0 Å². The Hall–Kier alpha value is -1.59. The fourth-order valence-electron chi connectivity index (χ4n) is 0.403. The number of amides is 2. The van der Waals surface area contributed by atoms with Crippen LogP contribution in [0.15, 0.2) is 0 Å². The van der Waals surface area contributed by atoms with Crippen molar-refractivity contribution in [1.29, 1.82) is 0 Å². The highest BCUT2D eigenvalue weighted by atomic mass is 16.5. The Morgan fingerprint density at radius 2 is 2.08 bits per heavy atom. The van der Waals surface area contributed by atoms with Crippen LogP contribution in [0, 0.1) is 0 Å². The molecule has 2 N–H and O–H groups in total. The van der Waals surface area contributed by atoms with E-state index in [-0.39, 0.29) is 13.1 Å². The standard InChI is InChI=1S/C6H9N2O4/c1-12-5(10)4-8-6(11)7-2-3-9/h2,4H2,1H3,(H2,7,8,11). The van der Waals surface area contributed by atoms with Gasteiger partial charge >= 0.3 is 12.0 Å². The van der Waals surface area contributed by atoms with E-state index in [9.17, 15) is 14.4 Å². The van der Waals surface area contributed by atoms with Crippen molar-refractivity contribution in [3.8, 4) is 0 Å². The lowest BCUT2D eigenvalue weighted by molar-refractivity contribution is -0.139. The number of carbonyl (C=O) groups excluding carboxylic acids is 3. The maximum atomic E-state index is 10.6. The van der Waals surface area contributed by atoms with Gasteiger partial charge in [0.05, 0.1) is 13.7 Å². The molecule has 0 bridgehead atoms. The molecule has 0 fully saturated rings. The Labute approximate surface area is 69.3 Å². The number of carbonyl (C=O) groups is 2. The van der Waals surface area contributed by atoms with E-state index >= 15 is 0 Å². The zero-order valence-corrected chi connectivity index (χ0v) is 6.55. The second-order valence-corrected chi connectivity index (χ2v) is 1.76. The Bertz CT molecular complexity index is 180. The molecule has 67 valence electrons. The minimum atomic E-state index is -0.608. The van der Waals surface area contributed by atoms with Crippen LogP contribution in [0.4, 0.5) is 4.79 Å². The summed E-state index contributed by atoms with van der Waals surface area (Å²) in [5.41, 5.74) is 0. The summed E-state index contributed by atoms with van der Waals surface area (Å²) < 4.78 is 4.25. The molecule has 0 atom stereocenters. The molecule has 12 heavy (non-hydrogen) atoms. The molecule has 0 saturated heterocycles. The number of methoxy groups -OCH3 is 1. The normalized spacial score (nSPS) is 8.42. The molecular formula is C6H9N2O4. The maximum absolute atomic E-state index is 10.6. The van der Waals surface area contributed by atoms with Crippen LogP contribution in [0.1, 0.15) is 0 Å². The summed E-state index contributed by atoms with van der Waals surface area (Å²) in [5, 5.41) is 4.30. The van der Waals surface area contributed by atoms with Gasteiger partial charge in [0.1, 0.15) is 6.54 Å². The van der Waals surface area contributed by atoms with Gasteiger partial charge in [0, 0.05) is 0 Å². The van der Waals surface area contributed by atoms with E-state index in [1.54, 1.807) is 0 Å². The van der Waals surface area contributed by atoms with Crippen LogP contribution in [0.3, 0.4) is 0 Å². The minimum absolute atomic E-state index is 0.201. The number of hydrogen-bond acceptors (Lipinski definition) is 4. The van der Waals surface area contributed by atoms with Gasteiger partial charge in [-0.2, -0.15) is 0 Å². The van der Waals surface area contributed by atoms with Gasteiger partial charge in [-0.15, -0.1) is 0 Å². The van der Waals surface area contributed by atoms with Gasteiger partial charge in [-0.05, 0) is 0 Å². The summed E-state index contributed by atoms with van der Waals surface area (Å²) in [6.07, 6.45) is 1.46. The molecule has 0 aliphatic heterocycles. The molecule has 0 aliphatic rings. The van der Waals surface area contributed by atoms with Crippen molar-refractivity contribution in [3.63, 3.8) is 0 Å². The number of rotatable bonds is 4. The van der Waals surface area contributed by atoms with Gasteiger partial charge in [-0.25, -0.2) is 4.79 Å². The first-order valence-corrected chi connectivity index (χ1v) is 3.14. The van der Waals surface area contributed by atoms with E-state index in [1.807, 2.05) is 0 Å². The van der Waals surface area contributed by atoms with Crippen molar-refractivity contribution in [3.05, 3.63) is 0 Å². The van der Waals surface area contributed by atoms with E-state index in [0.29, 0.717) is 0 Å². The molecule has 0 heterocycles. The summed E-state index contributed by atoms with van der Waals surface area (Å²) in [7, 11) is 1.21. The molecule has 0 aromatic carbocycles. The van der Waals surface area contributed by atoms with Gasteiger partial charge in [-0.3, -0.25) is 9.59 Å². The van der Waals surface area contributed by atoms with Crippen LogP contribution >= 0.6 is 0 Å². The van der Waals surface area contributed by atoms with E-state index in [1.165, 1.54) is 13.4 Å². The van der Waals surface area contributed by atoms with Crippen molar-refractivity contribution in [2.24, 2.45) is 0 Å². The topological polar surface area (TPSA) is 84.5 Å². The van der Waals surface area contributed by atoms with Crippen LogP contribution in [-0.2, 0) is 14.3 Å². The Morgan fingerprint density at radius 3 is 2.58 bits per heavy atom. The number of esters is 1. The largest absolute Gasteiger partial charge is 0.468 e. The minimum Gasteiger partial charge on any atom is -0.468 e. The average Bonchev–Trinajstić information content (AvgIpc) is 2.10. The first kappa shape index (κ1) is 10.4. The zero-order chi connectivity index (χ0) is 9.40. The molecule has 0 aromatic rings. The van der Waals surface area contributed by atoms with Crippen molar-refractivity contribution >= 4 is 18.3 Å². The summed E-state index contributed by atoms with van der Waals surface area (Å²) in [5.74, 6) is -0.555. The lowest BCUT2D eigenvalue weighted by Crippen LogP contribution is -2.39. The van der Waals surface area contributed by atoms with Crippen molar-refractivity contribution < 1.29 is 19.1 Å². The van der Waals surface area contributed by atoms with Crippen LogP contribution < -0.4 is 10.6 Å². The Morgan fingerprint density at radius 1 is 1.42 bits per heavy atom. The van der Waals surface area contributed by atoms with Crippen LogP contribution in [0.5, 0.6) is 0 Å². The van der Waals surface area contributed by atoms with E-state index < -0.39 is 12.0 Å². The molecule has 6 nitrogen and oxygen atoms in total. The molecule has 0 unspecified atom stereocenters. The predicted molar refractivity (Wildman–Crippen MR) is 39.1 cm³/mol. The predicted octanol–water partition coefficient (Wildman–Crippen LogP) is -1.43. The fourth-order valence-corrected chi connectivity index (χ4v) is 0.403. The molecule has 0 spiro atoms. The molecule has 0 aliphatic carbocycles. The number of nitrogens with one attached hydrogen (secondary N) is 2. The van der Waals surface area contributed by atoms with Crippen LogP contribution in [-0.4, -0.2) is 38.5 Å². The number of hydrogen-bond donors (Lipinski definition) is 2. The average molecular weight is 173 g/mol. The fraction of sp³-hybridized carbons (Fsp3) is 0.500. The summed E-state index contributed by atoms with van der Waals surface area (Å²) in [6, 6.07) is -0.608. The number of ether oxygens (including phenoxy) is 1. The van der Waals surface area contributed by atoms with Gasteiger partial charge in [0.25, 0.3) is 0 Å². The van der Waals surface area contributed by atoms with Crippen molar-refractivity contribution in [2.45, 2.75) is 0 Å². The molecule has 0 saturated carbocycles. The molecule has 2 amide bonds. The van der Waals surface area contributed by atoms with Gasteiger partial charge in [0.2, 0.25) is 6.29 Å². The van der Waals surface area contributed by atoms with Crippen LogP contribution in [0.2, 0.25) is 0 Å². The molecule has 0 aromatic heterocycles. The van der Waals surface area contributed by atoms with E-state index in [4.69, 9.17) is 0 Å².